The lowest BCUT2D eigenvalue weighted by molar-refractivity contribution is 0.669. The zero-order valence-electron chi connectivity index (χ0n) is 24.4. The van der Waals surface area contributed by atoms with E-state index in [1.165, 1.54) is 50.1 Å². The topological polar surface area (TPSA) is 25.2 Å². The van der Waals surface area contributed by atoms with Gasteiger partial charge in [-0.05, 0) is 92.0 Å². The SMILES string of the molecule is c1cc(Nc2ccc3c(c2)C2(c4ccccc4-c4ccccc42)c2ccccc2-3)cc(-c2cccc3oc4ccccc4c23)c1. The van der Waals surface area contributed by atoms with Crippen LogP contribution in [-0.4, -0.2) is 0 Å². The molecule has 0 radical (unpaired) electrons. The molecule has 0 aliphatic heterocycles. The van der Waals surface area contributed by atoms with Gasteiger partial charge in [0.1, 0.15) is 11.2 Å². The third-order valence-electron chi connectivity index (χ3n) is 9.86. The Hall–Kier alpha value is -5.86. The number of hydrogen-bond acceptors (Lipinski definition) is 2. The van der Waals surface area contributed by atoms with Gasteiger partial charge in [-0.25, -0.2) is 0 Å². The van der Waals surface area contributed by atoms with Crippen LogP contribution in [0.4, 0.5) is 11.4 Å². The lowest BCUT2D eigenvalue weighted by atomic mass is 9.70. The Balaban J connectivity index is 1.12. The number of anilines is 2. The molecule has 45 heavy (non-hydrogen) atoms. The van der Waals surface area contributed by atoms with Crippen LogP contribution in [0.1, 0.15) is 22.3 Å². The Morgan fingerprint density at radius 3 is 1.69 bits per heavy atom. The largest absolute Gasteiger partial charge is 0.456 e. The summed E-state index contributed by atoms with van der Waals surface area (Å²) >= 11 is 0. The van der Waals surface area contributed by atoms with E-state index in [9.17, 15) is 0 Å². The molecule has 0 amide bonds. The second-order valence-electron chi connectivity index (χ2n) is 12.1. The summed E-state index contributed by atoms with van der Waals surface area (Å²) in [5, 5.41) is 6.08. The standard InChI is InChI=1S/C43H27NO/c1-5-18-36-31(13-1)32-14-2-6-19-37(32)43(36)38-20-7-3-15-33(38)34-24-23-29(26-39(34)43)44-28-12-9-11-27(25-28)30-17-10-22-41-42(30)35-16-4-8-21-40(35)45-41/h1-26,44H. The van der Waals surface area contributed by atoms with Crippen molar-refractivity contribution in [2.24, 2.45) is 0 Å². The van der Waals surface area contributed by atoms with Gasteiger partial charge >= 0.3 is 0 Å². The zero-order valence-corrected chi connectivity index (χ0v) is 24.4. The van der Waals surface area contributed by atoms with E-state index in [2.05, 4.69) is 151 Å². The van der Waals surface area contributed by atoms with Gasteiger partial charge in [0, 0.05) is 22.1 Å². The van der Waals surface area contributed by atoms with Crippen LogP contribution in [-0.2, 0) is 5.41 Å². The van der Waals surface area contributed by atoms with Gasteiger partial charge in [-0.15, -0.1) is 0 Å². The predicted octanol–water partition coefficient (Wildman–Crippen LogP) is 11.3. The van der Waals surface area contributed by atoms with Crippen LogP contribution in [0.5, 0.6) is 0 Å². The van der Waals surface area contributed by atoms with Crippen molar-refractivity contribution in [1.82, 2.24) is 0 Å². The fourth-order valence-electron chi connectivity index (χ4n) is 8.12. The zero-order chi connectivity index (χ0) is 29.5. The van der Waals surface area contributed by atoms with Crippen LogP contribution in [0.2, 0.25) is 0 Å². The summed E-state index contributed by atoms with van der Waals surface area (Å²) in [5.74, 6) is 0. The number of para-hydroxylation sites is 1. The normalized spacial score (nSPS) is 13.5. The smallest absolute Gasteiger partial charge is 0.136 e. The molecule has 0 unspecified atom stereocenters. The van der Waals surface area contributed by atoms with Crippen molar-refractivity contribution in [3.05, 3.63) is 180 Å². The summed E-state index contributed by atoms with van der Waals surface area (Å²) in [5.41, 5.74) is 16.6. The first kappa shape index (κ1) is 24.6. The van der Waals surface area contributed by atoms with Crippen molar-refractivity contribution in [1.29, 1.82) is 0 Å². The van der Waals surface area contributed by atoms with E-state index in [1.54, 1.807) is 0 Å². The maximum Gasteiger partial charge on any atom is 0.136 e. The highest BCUT2D eigenvalue weighted by atomic mass is 16.3. The molecule has 2 aliphatic carbocycles. The van der Waals surface area contributed by atoms with Crippen LogP contribution < -0.4 is 5.32 Å². The van der Waals surface area contributed by atoms with Crippen LogP contribution in [0.25, 0.3) is 55.3 Å². The van der Waals surface area contributed by atoms with Gasteiger partial charge in [-0.1, -0.05) is 121 Å². The highest BCUT2D eigenvalue weighted by Crippen LogP contribution is 2.63. The molecule has 1 spiro atoms. The van der Waals surface area contributed by atoms with Crippen LogP contribution >= 0.6 is 0 Å². The molecule has 0 bridgehead atoms. The summed E-state index contributed by atoms with van der Waals surface area (Å²) in [6.07, 6.45) is 0. The first-order valence-corrected chi connectivity index (χ1v) is 15.5. The number of hydrogen-bond donors (Lipinski definition) is 1. The van der Waals surface area contributed by atoms with E-state index >= 15 is 0 Å². The summed E-state index contributed by atoms with van der Waals surface area (Å²) < 4.78 is 6.19. The highest BCUT2D eigenvalue weighted by Gasteiger charge is 2.51. The number of furan rings is 1. The fourth-order valence-corrected chi connectivity index (χ4v) is 8.12. The van der Waals surface area contributed by atoms with Gasteiger partial charge < -0.3 is 9.73 Å². The summed E-state index contributed by atoms with van der Waals surface area (Å²) in [6, 6.07) is 57.1. The first-order valence-electron chi connectivity index (χ1n) is 15.5. The van der Waals surface area contributed by atoms with E-state index in [0.29, 0.717) is 0 Å². The molecular weight excluding hydrogens is 546 g/mol. The number of nitrogens with one attached hydrogen (secondary N) is 1. The first-order chi connectivity index (χ1) is 22.3. The Morgan fingerprint density at radius 1 is 0.400 bits per heavy atom. The molecule has 1 heterocycles. The molecular formula is C43H27NO. The molecule has 210 valence electrons. The molecule has 2 aliphatic rings. The van der Waals surface area contributed by atoms with Crippen molar-refractivity contribution < 1.29 is 4.42 Å². The molecule has 0 atom stereocenters. The predicted molar refractivity (Wildman–Crippen MR) is 185 cm³/mol. The Morgan fingerprint density at radius 2 is 0.956 bits per heavy atom. The molecule has 1 N–H and O–H groups in total. The molecule has 7 aromatic carbocycles. The minimum absolute atomic E-state index is 0.351. The van der Waals surface area contributed by atoms with Crippen LogP contribution in [0.15, 0.2) is 162 Å². The summed E-state index contributed by atoms with van der Waals surface area (Å²) in [6.45, 7) is 0. The van der Waals surface area contributed by atoms with E-state index in [-0.39, 0.29) is 5.41 Å². The molecule has 10 rings (SSSR count). The van der Waals surface area contributed by atoms with E-state index in [4.69, 9.17) is 4.42 Å². The fraction of sp³-hybridized carbons (Fsp3) is 0.0233. The second kappa shape index (κ2) is 9.07. The van der Waals surface area contributed by atoms with Crippen LogP contribution in [0, 0.1) is 0 Å². The molecule has 1 aromatic heterocycles. The lowest BCUT2D eigenvalue weighted by Crippen LogP contribution is -2.25. The van der Waals surface area contributed by atoms with Crippen molar-refractivity contribution in [2.45, 2.75) is 5.41 Å². The molecule has 2 heteroatoms. The van der Waals surface area contributed by atoms with Crippen molar-refractivity contribution in [2.75, 3.05) is 5.32 Å². The number of fused-ring (bicyclic) bond motifs is 13. The van der Waals surface area contributed by atoms with Crippen molar-refractivity contribution in [3.8, 4) is 33.4 Å². The summed E-state index contributed by atoms with van der Waals surface area (Å²) in [7, 11) is 0. The maximum absolute atomic E-state index is 6.19. The Bertz CT molecular complexity index is 2420. The molecule has 2 nitrogen and oxygen atoms in total. The third kappa shape index (κ3) is 3.29. The molecule has 0 saturated heterocycles. The van der Waals surface area contributed by atoms with Crippen LogP contribution in [0.3, 0.4) is 0 Å². The third-order valence-corrected chi connectivity index (χ3v) is 9.86. The number of benzene rings is 7. The van der Waals surface area contributed by atoms with Gasteiger partial charge in [-0.3, -0.25) is 0 Å². The quantitative estimate of drug-likeness (QED) is 0.227. The average molecular weight is 574 g/mol. The van der Waals surface area contributed by atoms with E-state index < -0.39 is 0 Å². The van der Waals surface area contributed by atoms with Crippen molar-refractivity contribution >= 4 is 33.3 Å². The van der Waals surface area contributed by atoms with Gasteiger partial charge in [0.05, 0.1) is 5.41 Å². The molecule has 8 aromatic rings. The van der Waals surface area contributed by atoms with E-state index in [0.717, 1.165) is 38.9 Å². The molecule has 0 fully saturated rings. The van der Waals surface area contributed by atoms with Gasteiger partial charge in [0.2, 0.25) is 0 Å². The number of rotatable bonds is 3. The van der Waals surface area contributed by atoms with Gasteiger partial charge in [0.15, 0.2) is 0 Å². The average Bonchev–Trinajstić information content (AvgIpc) is 3.72. The van der Waals surface area contributed by atoms with Gasteiger partial charge in [0.25, 0.3) is 0 Å². The second-order valence-corrected chi connectivity index (χ2v) is 12.1. The minimum Gasteiger partial charge on any atom is -0.456 e. The monoisotopic (exact) mass is 573 g/mol. The Labute approximate surface area is 261 Å². The minimum atomic E-state index is -0.351. The van der Waals surface area contributed by atoms with Crippen molar-refractivity contribution in [3.63, 3.8) is 0 Å². The van der Waals surface area contributed by atoms with E-state index in [1.807, 2.05) is 12.1 Å². The summed E-state index contributed by atoms with van der Waals surface area (Å²) in [4.78, 5) is 0. The Kier molecular flexibility index (Phi) is 4.95. The lowest BCUT2D eigenvalue weighted by Gasteiger charge is -2.30. The van der Waals surface area contributed by atoms with Gasteiger partial charge in [-0.2, -0.15) is 0 Å². The highest BCUT2D eigenvalue weighted by molar-refractivity contribution is 6.12. The molecule has 0 saturated carbocycles. The maximum atomic E-state index is 6.19.